The van der Waals surface area contributed by atoms with Crippen LogP contribution in [0.3, 0.4) is 0 Å². The molecule has 0 aromatic rings. The topological polar surface area (TPSA) is 61.8 Å². The minimum absolute atomic E-state index is 0.0636. The Labute approximate surface area is 421 Å². The third-order valence-electron chi connectivity index (χ3n) is 11.8. The molecule has 0 aromatic carbocycles. The second kappa shape index (κ2) is 57.9. The summed E-state index contributed by atoms with van der Waals surface area (Å²) < 4.78 is 17.5. The van der Waals surface area contributed by atoms with E-state index < -0.39 is 6.10 Å². The van der Waals surface area contributed by atoms with Crippen LogP contribution in [-0.4, -0.2) is 37.9 Å². The van der Waals surface area contributed by atoms with Crippen LogP contribution in [0, 0.1) is 0 Å². The van der Waals surface area contributed by atoms with Crippen LogP contribution >= 0.6 is 0 Å². The molecular formula is C63H106O5. The second-order valence-corrected chi connectivity index (χ2v) is 18.4. The van der Waals surface area contributed by atoms with E-state index in [9.17, 15) is 9.59 Å². The highest BCUT2D eigenvalue weighted by molar-refractivity contribution is 5.70. The van der Waals surface area contributed by atoms with E-state index >= 15 is 0 Å². The molecule has 0 spiro atoms. The molecule has 0 saturated heterocycles. The Kier molecular flexibility index (Phi) is 54.9. The van der Waals surface area contributed by atoms with Gasteiger partial charge in [0.15, 0.2) is 6.10 Å². The lowest BCUT2D eigenvalue weighted by molar-refractivity contribution is -0.163. The molecule has 0 aliphatic rings. The zero-order chi connectivity index (χ0) is 49.2. The molecule has 0 bridgehead atoms. The maximum atomic E-state index is 12.9. The summed E-state index contributed by atoms with van der Waals surface area (Å²) in [7, 11) is 0. The van der Waals surface area contributed by atoms with Gasteiger partial charge in [-0.25, -0.2) is 0 Å². The molecule has 0 aliphatic heterocycles. The molecule has 0 N–H and O–H groups in total. The summed E-state index contributed by atoms with van der Waals surface area (Å²) in [6, 6.07) is 0. The van der Waals surface area contributed by atoms with E-state index in [1.165, 1.54) is 103 Å². The number of hydrogen-bond acceptors (Lipinski definition) is 5. The van der Waals surface area contributed by atoms with Crippen LogP contribution in [0.25, 0.3) is 0 Å². The van der Waals surface area contributed by atoms with Crippen LogP contribution in [0.15, 0.2) is 109 Å². The smallest absolute Gasteiger partial charge is 0.306 e. The van der Waals surface area contributed by atoms with E-state index in [0.29, 0.717) is 19.4 Å². The van der Waals surface area contributed by atoms with Crippen molar-refractivity contribution in [3.63, 3.8) is 0 Å². The predicted molar refractivity (Wildman–Crippen MR) is 297 cm³/mol. The quantitative estimate of drug-likeness (QED) is 0.0345. The highest BCUT2D eigenvalue weighted by Gasteiger charge is 2.17. The Morgan fingerprint density at radius 1 is 0.338 bits per heavy atom. The van der Waals surface area contributed by atoms with E-state index in [4.69, 9.17) is 14.2 Å². The van der Waals surface area contributed by atoms with Crippen LogP contribution in [0.2, 0.25) is 0 Å². The monoisotopic (exact) mass is 943 g/mol. The van der Waals surface area contributed by atoms with Crippen molar-refractivity contribution in [3.05, 3.63) is 109 Å². The standard InChI is InChI=1S/C63H106O5/c1-4-7-10-13-16-19-22-25-28-31-32-34-35-38-41-44-47-50-53-56-62(64)67-60-61(59-66-58-55-52-49-46-43-40-37-30-27-24-21-18-15-12-9-6-3)68-63(65)57-54-51-48-45-42-39-36-33-29-26-23-20-17-14-11-8-5-2/h7-8,10-11,16-21,25-30,32,34,61H,4-6,9,12-15,22-24,31,33,35-60H2,1-3H3/b10-7-,11-8-,19-16-,20-17-,21-18-,28-25-,29-26-,30-27-,34-32-. The largest absolute Gasteiger partial charge is 0.462 e. The van der Waals surface area contributed by atoms with Gasteiger partial charge in [-0.15, -0.1) is 0 Å². The first kappa shape index (κ1) is 64.6. The number of esters is 2. The van der Waals surface area contributed by atoms with Crippen molar-refractivity contribution >= 4 is 11.9 Å². The van der Waals surface area contributed by atoms with Crippen LogP contribution in [0.5, 0.6) is 0 Å². The van der Waals surface area contributed by atoms with E-state index in [1.807, 2.05) is 0 Å². The Bertz CT molecular complexity index is 1340. The van der Waals surface area contributed by atoms with Crippen molar-refractivity contribution in [2.75, 3.05) is 19.8 Å². The summed E-state index contributed by atoms with van der Waals surface area (Å²) in [6.07, 6.45) is 79.6. The first-order chi connectivity index (χ1) is 33.6. The lowest BCUT2D eigenvalue weighted by atomic mass is 10.1. The van der Waals surface area contributed by atoms with Crippen molar-refractivity contribution in [1.29, 1.82) is 0 Å². The van der Waals surface area contributed by atoms with Crippen LogP contribution in [0.4, 0.5) is 0 Å². The normalized spacial score (nSPS) is 13.0. The fraction of sp³-hybridized carbons (Fsp3) is 0.683. The van der Waals surface area contributed by atoms with Gasteiger partial charge in [0.25, 0.3) is 0 Å². The number of allylic oxidation sites excluding steroid dienone is 18. The summed E-state index contributed by atoms with van der Waals surface area (Å²) in [5, 5.41) is 0. The average Bonchev–Trinajstić information content (AvgIpc) is 3.34. The van der Waals surface area contributed by atoms with Crippen molar-refractivity contribution < 1.29 is 23.8 Å². The molecule has 68 heavy (non-hydrogen) atoms. The van der Waals surface area contributed by atoms with Gasteiger partial charge in [-0.05, 0) is 122 Å². The molecule has 0 fully saturated rings. The molecule has 1 atom stereocenters. The number of unbranched alkanes of at least 4 members (excludes halogenated alkanes) is 22. The summed E-state index contributed by atoms with van der Waals surface area (Å²) >= 11 is 0. The van der Waals surface area contributed by atoms with Gasteiger partial charge in [0.2, 0.25) is 0 Å². The fourth-order valence-electron chi connectivity index (χ4n) is 7.60. The van der Waals surface area contributed by atoms with E-state index in [1.54, 1.807) is 0 Å². The number of carbonyl (C=O) groups is 2. The lowest BCUT2D eigenvalue weighted by Gasteiger charge is -2.18. The maximum Gasteiger partial charge on any atom is 0.306 e. The van der Waals surface area contributed by atoms with E-state index in [2.05, 4.69) is 130 Å². The molecule has 0 aromatic heterocycles. The zero-order valence-corrected chi connectivity index (χ0v) is 44.6. The molecule has 0 amide bonds. The first-order valence-corrected chi connectivity index (χ1v) is 28.4. The number of carbonyl (C=O) groups excluding carboxylic acids is 2. The van der Waals surface area contributed by atoms with Gasteiger partial charge in [-0.2, -0.15) is 0 Å². The summed E-state index contributed by atoms with van der Waals surface area (Å²) in [6.45, 7) is 7.54. The number of rotatable bonds is 51. The first-order valence-electron chi connectivity index (χ1n) is 28.4. The molecule has 1 unspecified atom stereocenters. The molecule has 388 valence electrons. The van der Waals surface area contributed by atoms with Crippen molar-refractivity contribution in [2.24, 2.45) is 0 Å². The molecule has 0 heterocycles. The molecule has 0 radical (unpaired) electrons. The zero-order valence-electron chi connectivity index (χ0n) is 44.6. The molecule has 0 rings (SSSR count). The highest BCUT2D eigenvalue weighted by atomic mass is 16.6. The average molecular weight is 944 g/mol. The molecule has 0 saturated carbocycles. The van der Waals surface area contributed by atoms with Crippen molar-refractivity contribution in [1.82, 2.24) is 0 Å². The fourth-order valence-corrected chi connectivity index (χ4v) is 7.60. The maximum absolute atomic E-state index is 12.9. The molecule has 5 heteroatoms. The van der Waals surface area contributed by atoms with Crippen molar-refractivity contribution in [3.8, 4) is 0 Å². The van der Waals surface area contributed by atoms with E-state index in [-0.39, 0.29) is 25.2 Å². The summed E-state index contributed by atoms with van der Waals surface area (Å²) in [5.41, 5.74) is 0. The Morgan fingerprint density at radius 3 is 1.06 bits per heavy atom. The number of hydrogen-bond donors (Lipinski definition) is 0. The van der Waals surface area contributed by atoms with Crippen LogP contribution in [-0.2, 0) is 23.8 Å². The van der Waals surface area contributed by atoms with Gasteiger partial charge in [0.1, 0.15) is 6.61 Å². The minimum Gasteiger partial charge on any atom is -0.462 e. The van der Waals surface area contributed by atoms with Gasteiger partial charge in [0, 0.05) is 19.4 Å². The second-order valence-electron chi connectivity index (χ2n) is 18.4. The Hall–Kier alpha value is -3.44. The van der Waals surface area contributed by atoms with Gasteiger partial charge >= 0.3 is 11.9 Å². The highest BCUT2D eigenvalue weighted by Crippen LogP contribution is 2.14. The van der Waals surface area contributed by atoms with Gasteiger partial charge in [-0.1, -0.05) is 226 Å². The van der Waals surface area contributed by atoms with Gasteiger partial charge < -0.3 is 14.2 Å². The molecule has 0 aliphatic carbocycles. The Balaban J connectivity index is 4.35. The van der Waals surface area contributed by atoms with Crippen molar-refractivity contribution in [2.45, 2.75) is 258 Å². The minimum atomic E-state index is -0.561. The predicted octanol–water partition coefficient (Wildman–Crippen LogP) is 19.6. The lowest BCUT2D eigenvalue weighted by Crippen LogP contribution is -2.30. The Morgan fingerprint density at radius 2 is 0.662 bits per heavy atom. The van der Waals surface area contributed by atoms with E-state index in [0.717, 1.165) is 116 Å². The number of ether oxygens (including phenoxy) is 3. The molecular weight excluding hydrogens is 837 g/mol. The summed E-state index contributed by atoms with van der Waals surface area (Å²) in [5.74, 6) is -0.431. The molecule has 5 nitrogen and oxygen atoms in total. The van der Waals surface area contributed by atoms with Crippen LogP contribution < -0.4 is 0 Å². The summed E-state index contributed by atoms with van der Waals surface area (Å²) in [4.78, 5) is 25.5. The third-order valence-corrected chi connectivity index (χ3v) is 11.8. The van der Waals surface area contributed by atoms with Gasteiger partial charge in [-0.3, -0.25) is 9.59 Å². The SMILES string of the molecule is CC/C=C\C/C=C\C/C=C\C/C=C\CCCCCCCCC(=O)OCC(COCCCCCCCC/C=C\C/C=C\CCCCC)OC(=O)CCCCCCCCC/C=C\C/C=C\C/C=C\CC. The van der Waals surface area contributed by atoms with Crippen LogP contribution in [0.1, 0.15) is 252 Å². The third kappa shape index (κ3) is 55.2. The van der Waals surface area contributed by atoms with Gasteiger partial charge in [0.05, 0.1) is 6.61 Å².